The first kappa shape index (κ1) is 22.7. The SMILES string of the molecule is CC(=O)Nc1ccc(C(=O)N2CCN(S(=O)(=O)c3ccc4c(c3)NC(=O)[C@@H](C)O4)CC2)cc1. The number of benzene rings is 2. The number of hydrogen-bond acceptors (Lipinski definition) is 6. The monoisotopic (exact) mass is 472 g/mol. The van der Waals surface area contributed by atoms with E-state index in [1.807, 2.05) is 0 Å². The summed E-state index contributed by atoms with van der Waals surface area (Å²) in [6.07, 6.45) is -0.646. The van der Waals surface area contributed by atoms with Crippen molar-refractivity contribution in [2.24, 2.45) is 0 Å². The lowest BCUT2D eigenvalue weighted by Crippen LogP contribution is -2.50. The number of piperazine rings is 1. The topological polar surface area (TPSA) is 125 Å². The number of hydrogen-bond donors (Lipinski definition) is 2. The van der Waals surface area contributed by atoms with Crippen LogP contribution in [0.5, 0.6) is 5.75 Å². The number of sulfonamides is 1. The molecule has 11 heteroatoms. The van der Waals surface area contributed by atoms with E-state index in [1.165, 1.54) is 29.4 Å². The molecule has 0 spiro atoms. The van der Waals surface area contributed by atoms with Crippen LogP contribution in [0.2, 0.25) is 0 Å². The summed E-state index contributed by atoms with van der Waals surface area (Å²) in [6, 6.07) is 10.9. The summed E-state index contributed by atoms with van der Waals surface area (Å²) in [4.78, 5) is 37.4. The Morgan fingerprint density at radius 2 is 1.73 bits per heavy atom. The van der Waals surface area contributed by atoms with E-state index >= 15 is 0 Å². The van der Waals surface area contributed by atoms with Crippen LogP contribution in [0.1, 0.15) is 24.2 Å². The van der Waals surface area contributed by atoms with Crippen molar-refractivity contribution in [3.05, 3.63) is 48.0 Å². The van der Waals surface area contributed by atoms with E-state index < -0.39 is 16.1 Å². The van der Waals surface area contributed by atoms with E-state index in [0.717, 1.165) is 0 Å². The Hall–Kier alpha value is -3.44. The number of amides is 3. The molecule has 0 aromatic heterocycles. The fraction of sp³-hybridized carbons (Fsp3) is 0.318. The predicted octanol–water partition coefficient (Wildman–Crippen LogP) is 1.51. The molecule has 0 saturated carbocycles. The lowest BCUT2D eigenvalue weighted by Gasteiger charge is -2.34. The van der Waals surface area contributed by atoms with Gasteiger partial charge in [0.15, 0.2) is 6.10 Å². The number of nitrogens with one attached hydrogen (secondary N) is 2. The van der Waals surface area contributed by atoms with E-state index in [2.05, 4.69) is 10.6 Å². The van der Waals surface area contributed by atoms with E-state index in [1.54, 1.807) is 36.1 Å². The summed E-state index contributed by atoms with van der Waals surface area (Å²) < 4.78 is 33.1. The maximum atomic E-state index is 13.1. The zero-order chi connectivity index (χ0) is 23.8. The molecule has 33 heavy (non-hydrogen) atoms. The predicted molar refractivity (Wildman–Crippen MR) is 121 cm³/mol. The van der Waals surface area contributed by atoms with Crippen LogP contribution in [-0.2, 0) is 19.6 Å². The molecule has 0 bridgehead atoms. The molecule has 0 radical (unpaired) electrons. The molecule has 2 N–H and O–H groups in total. The van der Waals surface area contributed by atoms with Crippen molar-refractivity contribution in [1.82, 2.24) is 9.21 Å². The van der Waals surface area contributed by atoms with Crippen molar-refractivity contribution in [1.29, 1.82) is 0 Å². The molecule has 2 heterocycles. The van der Waals surface area contributed by atoms with Crippen molar-refractivity contribution < 1.29 is 27.5 Å². The van der Waals surface area contributed by atoms with E-state index in [9.17, 15) is 22.8 Å². The van der Waals surface area contributed by atoms with Gasteiger partial charge >= 0.3 is 0 Å². The van der Waals surface area contributed by atoms with Gasteiger partial charge in [-0.05, 0) is 49.4 Å². The van der Waals surface area contributed by atoms with Crippen LogP contribution in [0.3, 0.4) is 0 Å². The summed E-state index contributed by atoms with van der Waals surface area (Å²) in [5.41, 5.74) is 1.37. The van der Waals surface area contributed by atoms with E-state index in [4.69, 9.17) is 4.74 Å². The lowest BCUT2D eigenvalue weighted by atomic mass is 10.1. The molecular formula is C22H24N4O6S. The first-order chi connectivity index (χ1) is 15.6. The largest absolute Gasteiger partial charge is 0.479 e. The molecule has 1 fully saturated rings. The summed E-state index contributed by atoms with van der Waals surface area (Å²) in [5, 5.41) is 5.30. The van der Waals surface area contributed by atoms with Crippen molar-refractivity contribution in [3.63, 3.8) is 0 Å². The minimum atomic E-state index is -3.81. The average molecular weight is 473 g/mol. The molecule has 3 amide bonds. The second-order valence-corrected chi connectivity index (χ2v) is 9.80. The van der Waals surface area contributed by atoms with Gasteiger partial charge in [0, 0.05) is 44.4 Å². The van der Waals surface area contributed by atoms with Crippen LogP contribution in [-0.4, -0.2) is 67.6 Å². The van der Waals surface area contributed by atoms with Gasteiger partial charge < -0.3 is 20.3 Å². The quantitative estimate of drug-likeness (QED) is 0.695. The second-order valence-electron chi connectivity index (χ2n) is 7.86. The van der Waals surface area contributed by atoms with Crippen molar-refractivity contribution >= 4 is 39.1 Å². The number of nitrogens with zero attached hydrogens (tertiary/aromatic N) is 2. The molecule has 10 nitrogen and oxygen atoms in total. The highest BCUT2D eigenvalue weighted by molar-refractivity contribution is 7.89. The minimum Gasteiger partial charge on any atom is -0.479 e. The number of carbonyl (C=O) groups is 3. The van der Waals surface area contributed by atoms with Crippen LogP contribution in [0.25, 0.3) is 0 Å². The molecule has 0 unspecified atom stereocenters. The van der Waals surface area contributed by atoms with E-state index in [0.29, 0.717) is 22.7 Å². The highest BCUT2D eigenvalue weighted by Crippen LogP contribution is 2.33. The summed E-state index contributed by atoms with van der Waals surface area (Å²) in [5.74, 6) is -0.325. The van der Waals surface area contributed by atoms with Crippen molar-refractivity contribution in [3.8, 4) is 5.75 Å². The van der Waals surface area contributed by atoms with Gasteiger partial charge in [-0.3, -0.25) is 14.4 Å². The smallest absolute Gasteiger partial charge is 0.265 e. The van der Waals surface area contributed by atoms with Crippen LogP contribution < -0.4 is 15.4 Å². The zero-order valence-electron chi connectivity index (χ0n) is 18.2. The van der Waals surface area contributed by atoms with Gasteiger partial charge in [0.2, 0.25) is 15.9 Å². The van der Waals surface area contributed by atoms with Gasteiger partial charge in [0.1, 0.15) is 5.75 Å². The fourth-order valence-electron chi connectivity index (χ4n) is 3.71. The van der Waals surface area contributed by atoms with Crippen molar-refractivity contribution in [2.45, 2.75) is 24.8 Å². The second kappa shape index (κ2) is 8.83. The van der Waals surface area contributed by atoms with Crippen LogP contribution in [0.4, 0.5) is 11.4 Å². The Morgan fingerprint density at radius 1 is 1.06 bits per heavy atom. The molecular weight excluding hydrogens is 448 g/mol. The molecule has 4 rings (SSSR count). The lowest BCUT2D eigenvalue weighted by molar-refractivity contribution is -0.122. The fourth-order valence-corrected chi connectivity index (χ4v) is 5.16. The summed E-state index contributed by atoms with van der Waals surface area (Å²) >= 11 is 0. The van der Waals surface area contributed by atoms with Crippen LogP contribution in [0.15, 0.2) is 47.4 Å². The first-order valence-corrected chi connectivity index (χ1v) is 11.9. The molecule has 0 aliphatic carbocycles. The Balaban J connectivity index is 1.42. The molecule has 1 saturated heterocycles. The highest BCUT2D eigenvalue weighted by atomic mass is 32.2. The van der Waals surface area contributed by atoms with Gasteiger partial charge in [-0.1, -0.05) is 0 Å². The van der Waals surface area contributed by atoms with E-state index in [-0.39, 0.29) is 48.8 Å². The number of carbonyl (C=O) groups excluding carboxylic acids is 3. The Labute approximate surface area is 191 Å². The molecule has 2 aliphatic rings. The molecule has 2 aromatic carbocycles. The maximum absolute atomic E-state index is 13.1. The third-order valence-electron chi connectivity index (χ3n) is 5.50. The normalized spacial score (nSPS) is 18.7. The first-order valence-electron chi connectivity index (χ1n) is 10.4. The van der Waals surface area contributed by atoms with Crippen molar-refractivity contribution in [2.75, 3.05) is 36.8 Å². The zero-order valence-corrected chi connectivity index (χ0v) is 19.0. The molecule has 2 aliphatic heterocycles. The molecule has 174 valence electrons. The number of rotatable bonds is 4. The van der Waals surface area contributed by atoms with Gasteiger partial charge in [-0.2, -0.15) is 4.31 Å². The molecule has 1 atom stereocenters. The minimum absolute atomic E-state index is 0.0491. The van der Waals surface area contributed by atoms with Gasteiger partial charge in [-0.25, -0.2) is 8.42 Å². The number of ether oxygens (including phenoxy) is 1. The third-order valence-corrected chi connectivity index (χ3v) is 7.39. The van der Waals surface area contributed by atoms with Crippen LogP contribution in [0, 0.1) is 0 Å². The van der Waals surface area contributed by atoms with Gasteiger partial charge in [0.05, 0.1) is 10.6 Å². The third kappa shape index (κ3) is 4.69. The highest BCUT2D eigenvalue weighted by Gasteiger charge is 2.32. The summed E-state index contributed by atoms with van der Waals surface area (Å²) in [6.45, 7) is 3.80. The summed E-state index contributed by atoms with van der Waals surface area (Å²) in [7, 11) is -3.81. The maximum Gasteiger partial charge on any atom is 0.265 e. The van der Waals surface area contributed by atoms with Gasteiger partial charge in [-0.15, -0.1) is 0 Å². The Morgan fingerprint density at radius 3 is 2.36 bits per heavy atom. The van der Waals surface area contributed by atoms with Crippen LogP contribution >= 0.6 is 0 Å². The Kier molecular flexibility index (Phi) is 6.09. The number of fused-ring (bicyclic) bond motifs is 1. The number of anilines is 2. The standard InChI is InChI=1S/C22H24N4O6S/c1-14-21(28)24-19-13-18(7-8-20(19)32-14)33(30,31)26-11-9-25(10-12-26)22(29)16-3-5-17(6-4-16)23-15(2)27/h3-8,13-14H,9-12H2,1-2H3,(H,23,27)(H,24,28)/t14-/m1/s1. The van der Waals surface area contributed by atoms with Gasteiger partial charge in [0.25, 0.3) is 11.8 Å². The molecule has 2 aromatic rings. The average Bonchev–Trinajstić information content (AvgIpc) is 2.79. The Bertz CT molecular complexity index is 1200.